The first-order valence-electron chi connectivity index (χ1n) is 12.3. The Balaban J connectivity index is 1.46. The van der Waals surface area contributed by atoms with Crippen molar-refractivity contribution >= 4 is 29.5 Å². The Labute approximate surface area is 204 Å². The van der Waals surface area contributed by atoms with Crippen molar-refractivity contribution in [3.8, 4) is 0 Å². The SMILES string of the molecule is O=C1OCCC=C[C@@H]2S[C@]34C=CCN(CCN5CCOCC5)C(=O)C3N(CCCO)C(=O)[C@@H]4[C@H]12. The number of rotatable bonds is 6. The highest BCUT2D eigenvalue weighted by atomic mass is 32.2. The first kappa shape index (κ1) is 23.8. The number of morpholine rings is 1. The van der Waals surface area contributed by atoms with Gasteiger partial charge in [0.25, 0.3) is 0 Å². The van der Waals surface area contributed by atoms with Crippen LogP contribution in [0.1, 0.15) is 12.8 Å². The van der Waals surface area contributed by atoms with Crippen molar-refractivity contribution in [3.63, 3.8) is 0 Å². The number of hydrogen-bond acceptors (Lipinski definition) is 8. The van der Waals surface area contributed by atoms with Crippen molar-refractivity contribution in [2.75, 3.05) is 65.7 Å². The van der Waals surface area contributed by atoms with Crippen molar-refractivity contribution in [1.29, 1.82) is 0 Å². The van der Waals surface area contributed by atoms with E-state index < -0.39 is 22.6 Å². The van der Waals surface area contributed by atoms with Gasteiger partial charge in [-0.2, -0.15) is 0 Å². The van der Waals surface area contributed by atoms with Crippen molar-refractivity contribution in [2.24, 2.45) is 11.8 Å². The fourth-order valence-corrected chi connectivity index (χ4v) is 7.92. The first-order valence-corrected chi connectivity index (χ1v) is 13.1. The third-order valence-corrected chi connectivity index (χ3v) is 9.30. The number of hydrogen-bond donors (Lipinski definition) is 1. The summed E-state index contributed by atoms with van der Waals surface area (Å²) >= 11 is 1.56. The molecule has 1 spiro atoms. The van der Waals surface area contributed by atoms with E-state index in [9.17, 15) is 19.5 Å². The molecular formula is C24H33N3O6S. The molecule has 0 radical (unpaired) electrons. The molecule has 5 heterocycles. The Hall–Kier alpha value is -1.88. The Morgan fingerprint density at radius 1 is 1.06 bits per heavy atom. The maximum Gasteiger partial charge on any atom is 0.311 e. The number of thioether (sulfide) groups is 1. The number of amides is 2. The third-order valence-electron chi connectivity index (χ3n) is 7.55. The molecule has 0 aliphatic carbocycles. The molecule has 0 bridgehead atoms. The topological polar surface area (TPSA) is 99.6 Å². The number of fused-ring (bicyclic) bond motifs is 2. The molecule has 0 aromatic carbocycles. The predicted octanol–water partition coefficient (Wildman–Crippen LogP) is -0.100. The molecule has 5 rings (SSSR count). The zero-order chi connectivity index (χ0) is 23.7. The highest BCUT2D eigenvalue weighted by molar-refractivity contribution is 8.02. The van der Waals surface area contributed by atoms with Crippen LogP contribution in [0.15, 0.2) is 24.3 Å². The summed E-state index contributed by atoms with van der Waals surface area (Å²) in [6.07, 6.45) is 9.08. The summed E-state index contributed by atoms with van der Waals surface area (Å²) in [7, 11) is 0. The average Bonchev–Trinajstić information content (AvgIpc) is 3.21. The molecule has 34 heavy (non-hydrogen) atoms. The van der Waals surface area contributed by atoms with Gasteiger partial charge in [-0.25, -0.2) is 0 Å². The van der Waals surface area contributed by atoms with E-state index in [-0.39, 0.29) is 36.2 Å². The second-order valence-electron chi connectivity index (χ2n) is 9.48. The Kier molecular flexibility index (Phi) is 7.02. The van der Waals surface area contributed by atoms with E-state index in [1.54, 1.807) is 16.7 Å². The average molecular weight is 492 g/mol. The van der Waals surface area contributed by atoms with Gasteiger partial charge < -0.3 is 24.4 Å². The summed E-state index contributed by atoms with van der Waals surface area (Å²) in [4.78, 5) is 46.6. The van der Waals surface area contributed by atoms with Crippen molar-refractivity contribution < 1.29 is 29.0 Å². The van der Waals surface area contributed by atoms with Crippen LogP contribution < -0.4 is 0 Å². The number of aliphatic hydroxyl groups excluding tert-OH is 1. The molecule has 10 heteroatoms. The maximum atomic E-state index is 14.0. The molecule has 0 aromatic rings. The van der Waals surface area contributed by atoms with E-state index in [4.69, 9.17) is 9.47 Å². The van der Waals surface area contributed by atoms with Gasteiger partial charge in [0.15, 0.2) is 0 Å². The van der Waals surface area contributed by atoms with Gasteiger partial charge >= 0.3 is 5.97 Å². The van der Waals surface area contributed by atoms with E-state index in [2.05, 4.69) is 4.90 Å². The third kappa shape index (κ3) is 4.08. The van der Waals surface area contributed by atoms with Gasteiger partial charge in [-0.3, -0.25) is 19.3 Å². The number of likely N-dealkylation sites (tertiary alicyclic amines) is 1. The Bertz CT molecular complexity index is 875. The first-order chi connectivity index (χ1) is 16.6. The number of aliphatic hydroxyl groups is 1. The fraction of sp³-hybridized carbons (Fsp3) is 0.708. The Morgan fingerprint density at radius 2 is 1.88 bits per heavy atom. The summed E-state index contributed by atoms with van der Waals surface area (Å²) in [5.74, 6) is -1.88. The highest BCUT2D eigenvalue weighted by Gasteiger charge is 2.70. The van der Waals surface area contributed by atoms with E-state index in [1.807, 2.05) is 29.2 Å². The minimum absolute atomic E-state index is 0.0666. The zero-order valence-corrected chi connectivity index (χ0v) is 20.2. The van der Waals surface area contributed by atoms with Gasteiger partial charge in [-0.05, 0) is 12.8 Å². The molecule has 186 valence electrons. The molecule has 0 aromatic heterocycles. The summed E-state index contributed by atoms with van der Waals surface area (Å²) in [6, 6.07) is -0.695. The summed E-state index contributed by atoms with van der Waals surface area (Å²) in [5, 5.41) is 9.25. The molecule has 0 saturated carbocycles. The van der Waals surface area contributed by atoms with Crippen molar-refractivity contribution in [3.05, 3.63) is 24.3 Å². The van der Waals surface area contributed by atoms with E-state index in [1.165, 1.54) is 0 Å². The van der Waals surface area contributed by atoms with Crippen LogP contribution in [0, 0.1) is 11.8 Å². The second kappa shape index (κ2) is 10.0. The normalized spacial score (nSPS) is 36.0. The van der Waals surface area contributed by atoms with Crippen LogP contribution in [0.5, 0.6) is 0 Å². The lowest BCUT2D eigenvalue weighted by molar-refractivity contribution is -0.153. The number of nitrogens with zero attached hydrogens (tertiary/aromatic N) is 3. The van der Waals surface area contributed by atoms with Crippen molar-refractivity contribution in [2.45, 2.75) is 28.9 Å². The van der Waals surface area contributed by atoms with Gasteiger partial charge in [0, 0.05) is 51.1 Å². The van der Waals surface area contributed by atoms with Crippen LogP contribution in [0.4, 0.5) is 0 Å². The summed E-state index contributed by atoms with van der Waals surface area (Å²) in [5.41, 5.74) is 0. The number of carbonyl (C=O) groups is 3. The zero-order valence-electron chi connectivity index (χ0n) is 19.3. The maximum absolute atomic E-state index is 14.0. The van der Waals surface area contributed by atoms with Crippen LogP contribution in [0.25, 0.3) is 0 Å². The number of esters is 1. The summed E-state index contributed by atoms with van der Waals surface area (Å²) in [6.45, 7) is 5.43. The van der Waals surface area contributed by atoms with Crippen LogP contribution in [-0.4, -0.2) is 119 Å². The van der Waals surface area contributed by atoms with E-state index in [0.717, 1.165) is 19.6 Å². The molecule has 2 amide bonds. The second-order valence-corrected chi connectivity index (χ2v) is 11.0. The Morgan fingerprint density at radius 3 is 2.68 bits per heavy atom. The highest BCUT2D eigenvalue weighted by Crippen LogP contribution is 2.60. The predicted molar refractivity (Wildman–Crippen MR) is 126 cm³/mol. The van der Waals surface area contributed by atoms with Gasteiger partial charge in [0.2, 0.25) is 11.8 Å². The van der Waals surface area contributed by atoms with Crippen LogP contribution in [0.2, 0.25) is 0 Å². The number of ether oxygens (including phenoxy) is 2. The lowest BCUT2D eigenvalue weighted by atomic mass is 9.78. The van der Waals surface area contributed by atoms with Crippen LogP contribution >= 0.6 is 11.8 Å². The molecule has 3 saturated heterocycles. The van der Waals surface area contributed by atoms with Gasteiger partial charge in [-0.1, -0.05) is 24.3 Å². The number of carbonyl (C=O) groups excluding carboxylic acids is 3. The van der Waals surface area contributed by atoms with Crippen LogP contribution in [-0.2, 0) is 23.9 Å². The standard InChI is InChI=1S/C24H33N3O6S/c28-13-4-8-27-20-22(30)26(10-9-25-11-15-32-16-12-25)7-3-6-24(20)19(21(27)29)18-17(34-24)5-1-2-14-33-23(18)31/h1,3,5-6,17-20,28H,2,4,7-16H2/t17-,18+,19-,20?,24-/m0/s1. The minimum Gasteiger partial charge on any atom is -0.465 e. The molecule has 5 aliphatic rings. The molecule has 1 unspecified atom stereocenters. The summed E-state index contributed by atoms with van der Waals surface area (Å²) < 4.78 is 10.1. The van der Waals surface area contributed by atoms with E-state index in [0.29, 0.717) is 45.8 Å². The lowest BCUT2D eigenvalue weighted by Gasteiger charge is -2.36. The minimum atomic E-state index is -0.819. The lowest BCUT2D eigenvalue weighted by Crippen LogP contribution is -2.54. The molecular weight excluding hydrogens is 458 g/mol. The number of cyclic esters (lactones) is 1. The van der Waals surface area contributed by atoms with Crippen molar-refractivity contribution in [1.82, 2.24) is 14.7 Å². The smallest absolute Gasteiger partial charge is 0.311 e. The quantitative estimate of drug-likeness (QED) is 0.406. The van der Waals surface area contributed by atoms with E-state index >= 15 is 0 Å². The molecule has 5 aliphatic heterocycles. The fourth-order valence-electron chi connectivity index (χ4n) is 5.92. The molecule has 1 N–H and O–H groups in total. The largest absolute Gasteiger partial charge is 0.465 e. The van der Waals surface area contributed by atoms with Crippen LogP contribution in [0.3, 0.4) is 0 Å². The van der Waals surface area contributed by atoms with Gasteiger partial charge in [0.05, 0.1) is 36.4 Å². The molecule has 9 nitrogen and oxygen atoms in total. The molecule has 3 fully saturated rings. The monoisotopic (exact) mass is 491 g/mol. The van der Waals surface area contributed by atoms with Gasteiger partial charge in [-0.15, -0.1) is 11.8 Å². The molecule has 5 atom stereocenters. The van der Waals surface area contributed by atoms with Gasteiger partial charge in [0.1, 0.15) is 6.04 Å².